The minimum atomic E-state index is -0.393. The number of hydrogen-bond donors (Lipinski definition) is 1. The van der Waals surface area contributed by atoms with E-state index in [1.807, 2.05) is 6.07 Å². The molecule has 1 heterocycles. The number of nitrogens with one attached hydrogen (secondary N) is 1. The molecule has 0 radical (unpaired) electrons. The van der Waals surface area contributed by atoms with Gasteiger partial charge in [0.05, 0.1) is 14.2 Å². The van der Waals surface area contributed by atoms with Gasteiger partial charge in [-0.15, -0.1) is 0 Å². The van der Waals surface area contributed by atoms with Crippen LogP contribution in [0.4, 0.5) is 17.6 Å². The maximum Gasteiger partial charge on any atom is 0.250 e. The topological polar surface area (TPSA) is 89.5 Å². The van der Waals surface area contributed by atoms with Crippen molar-refractivity contribution in [3.8, 4) is 11.5 Å². The zero-order valence-electron chi connectivity index (χ0n) is 13.1. The van der Waals surface area contributed by atoms with Crippen molar-refractivity contribution in [2.45, 2.75) is 0 Å². The average Bonchev–Trinajstić information content (AvgIpc) is 2.60. The zero-order valence-corrected chi connectivity index (χ0v) is 13.1. The van der Waals surface area contributed by atoms with Crippen molar-refractivity contribution in [2.24, 2.45) is 0 Å². The molecule has 1 N–H and O–H groups in total. The van der Waals surface area contributed by atoms with Gasteiger partial charge in [0.2, 0.25) is 17.8 Å². The van der Waals surface area contributed by atoms with E-state index in [9.17, 15) is 4.79 Å². The Bertz CT molecular complexity index is 720. The first-order chi connectivity index (χ1) is 11.1. The van der Waals surface area contributed by atoms with Crippen LogP contribution in [0.25, 0.3) is 0 Å². The SMILES string of the molecule is C=CC(=O)Nc1ncnc(N(C)c2ccc(OC)c(OC)c2)n1. The summed E-state index contributed by atoms with van der Waals surface area (Å²) in [6.07, 6.45) is 2.46. The van der Waals surface area contributed by atoms with Crippen LogP contribution >= 0.6 is 0 Å². The Hall–Kier alpha value is -3.16. The van der Waals surface area contributed by atoms with Crippen LogP contribution in [0.2, 0.25) is 0 Å². The van der Waals surface area contributed by atoms with Crippen molar-refractivity contribution in [1.29, 1.82) is 0 Å². The molecule has 0 spiro atoms. The summed E-state index contributed by atoms with van der Waals surface area (Å²) in [5, 5.41) is 2.49. The lowest BCUT2D eigenvalue weighted by Crippen LogP contribution is -2.16. The number of nitrogens with zero attached hydrogens (tertiary/aromatic N) is 4. The average molecular weight is 315 g/mol. The summed E-state index contributed by atoms with van der Waals surface area (Å²) in [5.74, 6) is 1.33. The van der Waals surface area contributed by atoms with Crippen LogP contribution in [0.1, 0.15) is 0 Å². The van der Waals surface area contributed by atoms with Gasteiger partial charge < -0.3 is 14.4 Å². The third kappa shape index (κ3) is 3.73. The molecule has 0 bridgehead atoms. The fourth-order valence-corrected chi connectivity index (χ4v) is 1.82. The molecule has 0 saturated heterocycles. The Morgan fingerprint density at radius 2 is 2.00 bits per heavy atom. The third-order valence-corrected chi connectivity index (χ3v) is 3.03. The number of carbonyl (C=O) groups excluding carboxylic acids is 1. The Morgan fingerprint density at radius 3 is 2.65 bits per heavy atom. The van der Waals surface area contributed by atoms with E-state index in [1.165, 1.54) is 6.33 Å². The molecule has 1 amide bonds. The van der Waals surface area contributed by atoms with Crippen LogP contribution < -0.4 is 19.7 Å². The molecule has 0 aliphatic carbocycles. The molecule has 0 saturated carbocycles. The zero-order chi connectivity index (χ0) is 16.8. The van der Waals surface area contributed by atoms with Crippen LogP contribution in [-0.2, 0) is 4.79 Å². The van der Waals surface area contributed by atoms with E-state index in [0.29, 0.717) is 17.4 Å². The Balaban J connectivity index is 2.29. The first-order valence-electron chi connectivity index (χ1n) is 6.67. The number of aromatic nitrogens is 3. The largest absolute Gasteiger partial charge is 0.493 e. The van der Waals surface area contributed by atoms with Crippen LogP contribution in [0.15, 0.2) is 37.2 Å². The molecule has 120 valence electrons. The van der Waals surface area contributed by atoms with Gasteiger partial charge in [0.1, 0.15) is 6.33 Å². The minimum Gasteiger partial charge on any atom is -0.493 e. The number of hydrogen-bond acceptors (Lipinski definition) is 7. The normalized spacial score (nSPS) is 9.87. The smallest absolute Gasteiger partial charge is 0.250 e. The van der Waals surface area contributed by atoms with Gasteiger partial charge in [-0.25, -0.2) is 9.97 Å². The highest BCUT2D eigenvalue weighted by atomic mass is 16.5. The summed E-state index contributed by atoms with van der Waals surface area (Å²) in [5.41, 5.74) is 0.787. The van der Waals surface area contributed by atoms with E-state index in [-0.39, 0.29) is 5.95 Å². The maximum atomic E-state index is 11.3. The number of carbonyl (C=O) groups is 1. The molecule has 0 aliphatic rings. The Morgan fingerprint density at radius 1 is 1.26 bits per heavy atom. The summed E-state index contributed by atoms with van der Waals surface area (Å²) in [6.45, 7) is 3.38. The molecular formula is C15H17N5O3. The Labute approximate surface area is 133 Å². The molecular weight excluding hydrogens is 298 g/mol. The molecule has 8 nitrogen and oxygen atoms in total. The lowest BCUT2D eigenvalue weighted by molar-refractivity contribution is -0.111. The van der Waals surface area contributed by atoms with Gasteiger partial charge in [-0.2, -0.15) is 4.98 Å². The molecule has 8 heteroatoms. The van der Waals surface area contributed by atoms with Gasteiger partial charge in [0.15, 0.2) is 11.5 Å². The maximum absolute atomic E-state index is 11.3. The summed E-state index contributed by atoms with van der Waals surface area (Å²) < 4.78 is 10.5. The van der Waals surface area contributed by atoms with E-state index >= 15 is 0 Å². The lowest BCUT2D eigenvalue weighted by atomic mass is 10.2. The quantitative estimate of drug-likeness (QED) is 0.813. The summed E-state index contributed by atoms with van der Waals surface area (Å²) >= 11 is 0. The number of ether oxygens (including phenoxy) is 2. The van der Waals surface area contributed by atoms with Gasteiger partial charge >= 0.3 is 0 Å². The fourth-order valence-electron chi connectivity index (χ4n) is 1.82. The molecule has 2 rings (SSSR count). The highest BCUT2D eigenvalue weighted by Crippen LogP contribution is 2.32. The van der Waals surface area contributed by atoms with Crippen LogP contribution in [0.5, 0.6) is 11.5 Å². The van der Waals surface area contributed by atoms with Crippen molar-refractivity contribution in [1.82, 2.24) is 15.0 Å². The molecule has 0 atom stereocenters. The van der Waals surface area contributed by atoms with Crippen molar-refractivity contribution in [2.75, 3.05) is 31.5 Å². The van der Waals surface area contributed by atoms with Crippen LogP contribution in [0.3, 0.4) is 0 Å². The lowest BCUT2D eigenvalue weighted by Gasteiger charge is -2.19. The monoisotopic (exact) mass is 315 g/mol. The van der Waals surface area contributed by atoms with Crippen molar-refractivity contribution in [3.05, 3.63) is 37.2 Å². The minimum absolute atomic E-state index is 0.146. The van der Waals surface area contributed by atoms with Crippen molar-refractivity contribution in [3.63, 3.8) is 0 Å². The van der Waals surface area contributed by atoms with Crippen molar-refractivity contribution < 1.29 is 14.3 Å². The molecule has 1 aromatic carbocycles. The fraction of sp³-hybridized carbons (Fsp3) is 0.200. The number of rotatable bonds is 6. The second kappa shape index (κ2) is 7.21. The number of anilines is 3. The molecule has 2 aromatic rings. The standard InChI is InChI=1S/C15H17N5O3/c1-5-13(21)18-14-16-9-17-15(19-14)20(2)10-6-7-11(22-3)12(8-10)23-4/h5-9H,1H2,2-4H3,(H,16,17,18,19,21). The summed E-state index contributed by atoms with van der Waals surface area (Å²) in [7, 11) is 4.92. The molecule has 1 aromatic heterocycles. The Kier molecular flexibility index (Phi) is 5.08. The number of benzene rings is 1. The van der Waals surface area contributed by atoms with Gasteiger partial charge in [-0.3, -0.25) is 10.1 Å². The first kappa shape index (κ1) is 16.2. The second-order valence-corrected chi connectivity index (χ2v) is 4.40. The van der Waals surface area contributed by atoms with Gasteiger partial charge in [-0.1, -0.05) is 6.58 Å². The predicted molar refractivity (Wildman–Crippen MR) is 86.3 cm³/mol. The number of amides is 1. The predicted octanol–water partition coefficient (Wildman–Crippen LogP) is 1.78. The second-order valence-electron chi connectivity index (χ2n) is 4.40. The summed E-state index contributed by atoms with van der Waals surface area (Å²) in [6, 6.07) is 5.42. The van der Waals surface area contributed by atoms with E-state index in [1.54, 1.807) is 38.3 Å². The molecule has 0 unspecified atom stereocenters. The van der Waals surface area contributed by atoms with Gasteiger partial charge in [-0.05, 0) is 18.2 Å². The van der Waals surface area contributed by atoms with Gasteiger partial charge in [0.25, 0.3) is 0 Å². The third-order valence-electron chi connectivity index (χ3n) is 3.03. The highest BCUT2D eigenvalue weighted by molar-refractivity contribution is 5.97. The molecule has 23 heavy (non-hydrogen) atoms. The number of methoxy groups -OCH3 is 2. The van der Waals surface area contributed by atoms with Crippen molar-refractivity contribution >= 4 is 23.5 Å². The van der Waals surface area contributed by atoms with E-state index < -0.39 is 5.91 Å². The van der Waals surface area contributed by atoms with Crippen LogP contribution in [-0.4, -0.2) is 42.1 Å². The van der Waals surface area contributed by atoms with E-state index in [4.69, 9.17) is 9.47 Å². The van der Waals surface area contributed by atoms with Crippen LogP contribution in [0, 0.1) is 0 Å². The first-order valence-corrected chi connectivity index (χ1v) is 6.67. The van der Waals surface area contributed by atoms with E-state index in [2.05, 4.69) is 26.8 Å². The highest BCUT2D eigenvalue weighted by Gasteiger charge is 2.12. The van der Waals surface area contributed by atoms with E-state index in [0.717, 1.165) is 11.8 Å². The molecule has 0 fully saturated rings. The summed E-state index contributed by atoms with van der Waals surface area (Å²) in [4.78, 5) is 25.2. The molecule has 0 aliphatic heterocycles. The van der Waals surface area contributed by atoms with Gasteiger partial charge in [0, 0.05) is 18.8 Å².